The van der Waals surface area contributed by atoms with E-state index in [4.69, 9.17) is 0 Å². The van der Waals surface area contributed by atoms with Gasteiger partial charge in [0.15, 0.2) is 0 Å². The molecular formula is C33H33F2N3O4S. The number of halogens is 2. The van der Waals surface area contributed by atoms with Crippen molar-refractivity contribution in [2.75, 3.05) is 17.4 Å². The van der Waals surface area contributed by atoms with Crippen LogP contribution in [-0.2, 0) is 32.6 Å². The second-order valence-electron chi connectivity index (χ2n) is 9.91. The van der Waals surface area contributed by atoms with Gasteiger partial charge in [-0.2, -0.15) is 0 Å². The van der Waals surface area contributed by atoms with Crippen LogP contribution in [0.3, 0.4) is 0 Å². The van der Waals surface area contributed by atoms with Crippen LogP contribution < -0.4 is 9.62 Å². The van der Waals surface area contributed by atoms with Crippen molar-refractivity contribution >= 4 is 27.5 Å². The average molecular weight is 606 g/mol. The molecule has 0 aliphatic rings. The molecule has 0 aromatic heterocycles. The lowest BCUT2D eigenvalue weighted by Crippen LogP contribution is -2.53. The number of carbonyl (C=O) groups is 2. The van der Waals surface area contributed by atoms with Gasteiger partial charge in [0, 0.05) is 25.1 Å². The van der Waals surface area contributed by atoms with Crippen molar-refractivity contribution in [1.82, 2.24) is 10.2 Å². The Morgan fingerprint density at radius 2 is 1.42 bits per heavy atom. The smallest absolute Gasteiger partial charge is 0.264 e. The molecule has 0 saturated carbocycles. The minimum atomic E-state index is -4.31. The molecule has 7 nitrogen and oxygen atoms in total. The fourth-order valence-electron chi connectivity index (χ4n) is 4.59. The maximum absolute atomic E-state index is 14.9. The molecule has 0 saturated heterocycles. The van der Waals surface area contributed by atoms with Gasteiger partial charge in [0.2, 0.25) is 11.8 Å². The molecular weight excluding hydrogens is 572 g/mol. The van der Waals surface area contributed by atoms with Gasteiger partial charge in [0.05, 0.1) is 10.6 Å². The topological polar surface area (TPSA) is 86.8 Å². The fraction of sp³-hybridized carbons (Fsp3) is 0.212. The highest BCUT2D eigenvalue weighted by Crippen LogP contribution is 2.25. The zero-order valence-corrected chi connectivity index (χ0v) is 24.5. The molecule has 1 N–H and O–H groups in total. The van der Waals surface area contributed by atoms with Gasteiger partial charge >= 0.3 is 0 Å². The van der Waals surface area contributed by atoms with Crippen LogP contribution in [0.1, 0.15) is 24.5 Å². The molecule has 0 aliphatic carbocycles. The molecule has 0 aliphatic heterocycles. The van der Waals surface area contributed by atoms with Gasteiger partial charge in [0.1, 0.15) is 24.2 Å². The SMILES string of the molecule is CCCNC(=O)C(Cc1ccccc1)N(Cc1ccccc1F)C(=O)CN(c1ccc(F)cc1)S(=O)(=O)c1ccccc1. The normalized spacial score (nSPS) is 11.9. The molecule has 0 spiro atoms. The highest BCUT2D eigenvalue weighted by molar-refractivity contribution is 7.92. The van der Waals surface area contributed by atoms with E-state index in [0.717, 1.165) is 22.0 Å². The first-order chi connectivity index (χ1) is 20.7. The number of carbonyl (C=O) groups excluding carboxylic acids is 2. The molecule has 4 rings (SSSR count). The molecule has 4 aromatic carbocycles. The number of sulfonamides is 1. The number of rotatable bonds is 13. The zero-order chi connectivity index (χ0) is 30.8. The molecule has 0 radical (unpaired) electrons. The van der Waals surface area contributed by atoms with Gasteiger partial charge < -0.3 is 10.2 Å². The van der Waals surface area contributed by atoms with Crippen LogP contribution in [0.15, 0.2) is 114 Å². The summed E-state index contributed by atoms with van der Waals surface area (Å²) >= 11 is 0. The zero-order valence-electron chi connectivity index (χ0n) is 23.7. The highest BCUT2D eigenvalue weighted by atomic mass is 32.2. The van der Waals surface area contributed by atoms with Gasteiger partial charge in [0.25, 0.3) is 10.0 Å². The predicted molar refractivity (Wildman–Crippen MR) is 162 cm³/mol. The van der Waals surface area contributed by atoms with Crippen LogP contribution in [0.25, 0.3) is 0 Å². The molecule has 0 fully saturated rings. The summed E-state index contributed by atoms with van der Waals surface area (Å²) in [5, 5.41) is 2.84. The minimum absolute atomic E-state index is 0.0551. The first kappa shape index (κ1) is 31.4. The Bertz CT molecular complexity index is 1620. The maximum atomic E-state index is 14.9. The summed E-state index contributed by atoms with van der Waals surface area (Å²) < 4.78 is 57.3. The maximum Gasteiger partial charge on any atom is 0.264 e. The summed E-state index contributed by atoms with van der Waals surface area (Å²) in [5.74, 6) is -2.34. The first-order valence-corrected chi connectivity index (χ1v) is 15.3. The monoisotopic (exact) mass is 605 g/mol. The van der Waals surface area contributed by atoms with Crippen LogP contribution in [-0.4, -0.2) is 44.3 Å². The number of anilines is 1. The van der Waals surface area contributed by atoms with E-state index in [9.17, 15) is 26.8 Å². The summed E-state index contributed by atoms with van der Waals surface area (Å²) in [6.07, 6.45) is 0.761. The molecule has 10 heteroatoms. The van der Waals surface area contributed by atoms with E-state index in [2.05, 4.69) is 5.32 Å². The number of benzene rings is 4. The quantitative estimate of drug-likeness (QED) is 0.223. The van der Waals surface area contributed by atoms with Crippen molar-refractivity contribution in [3.63, 3.8) is 0 Å². The van der Waals surface area contributed by atoms with Gasteiger partial charge in [-0.25, -0.2) is 17.2 Å². The first-order valence-electron chi connectivity index (χ1n) is 13.9. The highest BCUT2D eigenvalue weighted by Gasteiger charge is 2.34. The third kappa shape index (κ3) is 8.04. The summed E-state index contributed by atoms with van der Waals surface area (Å²) in [5.41, 5.74) is 0.980. The molecule has 0 bridgehead atoms. The molecule has 224 valence electrons. The average Bonchev–Trinajstić information content (AvgIpc) is 3.02. The lowest BCUT2D eigenvalue weighted by molar-refractivity contribution is -0.140. The van der Waals surface area contributed by atoms with Crippen LogP contribution in [0.2, 0.25) is 0 Å². The van der Waals surface area contributed by atoms with Crippen molar-refractivity contribution in [2.24, 2.45) is 0 Å². The van der Waals surface area contributed by atoms with E-state index in [1.165, 1.54) is 47.4 Å². The van der Waals surface area contributed by atoms with Gasteiger partial charge in [-0.1, -0.05) is 73.7 Å². The summed E-state index contributed by atoms with van der Waals surface area (Å²) in [7, 11) is -4.31. The van der Waals surface area contributed by atoms with Gasteiger partial charge in [-0.3, -0.25) is 13.9 Å². The summed E-state index contributed by atoms with van der Waals surface area (Å²) in [6.45, 7) is 1.24. The Kier molecular flexibility index (Phi) is 10.6. The van der Waals surface area contributed by atoms with E-state index < -0.39 is 46.1 Å². The minimum Gasteiger partial charge on any atom is -0.354 e. The van der Waals surface area contributed by atoms with E-state index in [-0.39, 0.29) is 29.1 Å². The number of amides is 2. The second kappa shape index (κ2) is 14.6. The Balaban J connectivity index is 1.79. The number of nitrogens with zero attached hydrogens (tertiary/aromatic N) is 2. The lowest BCUT2D eigenvalue weighted by atomic mass is 10.0. The van der Waals surface area contributed by atoms with E-state index in [1.54, 1.807) is 24.3 Å². The molecule has 0 heterocycles. The van der Waals surface area contributed by atoms with Crippen molar-refractivity contribution in [3.05, 3.63) is 132 Å². The van der Waals surface area contributed by atoms with Crippen molar-refractivity contribution in [2.45, 2.75) is 37.2 Å². The third-order valence-electron chi connectivity index (χ3n) is 6.84. The molecule has 4 aromatic rings. The van der Waals surface area contributed by atoms with E-state index in [1.807, 2.05) is 37.3 Å². The molecule has 1 atom stereocenters. The van der Waals surface area contributed by atoms with Gasteiger partial charge in [-0.05, 0) is 54.4 Å². The number of hydrogen-bond acceptors (Lipinski definition) is 4. The molecule has 2 amide bonds. The second-order valence-corrected chi connectivity index (χ2v) is 11.8. The van der Waals surface area contributed by atoms with Crippen molar-refractivity contribution in [1.29, 1.82) is 0 Å². The van der Waals surface area contributed by atoms with E-state index in [0.29, 0.717) is 13.0 Å². The summed E-state index contributed by atoms with van der Waals surface area (Å²) in [4.78, 5) is 28.9. The summed E-state index contributed by atoms with van der Waals surface area (Å²) in [6, 6.07) is 26.2. The Morgan fingerprint density at radius 1 is 0.814 bits per heavy atom. The van der Waals surface area contributed by atoms with Crippen molar-refractivity contribution < 1.29 is 26.8 Å². The predicted octanol–water partition coefficient (Wildman–Crippen LogP) is 5.33. The molecule has 43 heavy (non-hydrogen) atoms. The van der Waals surface area contributed by atoms with Crippen LogP contribution >= 0.6 is 0 Å². The fourth-order valence-corrected chi connectivity index (χ4v) is 6.02. The van der Waals surface area contributed by atoms with E-state index >= 15 is 0 Å². The molecule has 1 unspecified atom stereocenters. The van der Waals surface area contributed by atoms with Crippen LogP contribution in [0, 0.1) is 11.6 Å². The van der Waals surface area contributed by atoms with Gasteiger partial charge in [-0.15, -0.1) is 0 Å². The Morgan fingerprint density at radius 3 is 2.05 bits per heavy atom. The Hall–Kier alpha value is -4.57. The standard InChI is InChI=1S/C33H33F2N3O4S/c1-2-21-36-33(40)31(22-25-11-5-3-6-12-25)37(23-26-13-9-10-16-30(26)35)32(39)24-38(28-19-17-27(34)18-20-28)43(41,42)29-14-7-4-8-15-29/h3-20,31H,2,21-24H2,1H3,(H,36,40). The van der Waals surface area contributed by atoms with Crippen molar-refractivity contribution in [3.8, 4) is 0 Å². The third-order valence-corrected chi connectivity index (χ3v) is 8.63. The van der Waals surface area contributed by atoms with Crippen LogP contribution in [0.5, 0.6) is 0 Å². The Labute approximate surface area is 250 Å². The number of nitrogens with one attached hydrogen (secondary N) is 1. The lowest BCUT2D eigenvalue weighted by Gasteiger charge is -2.34. The van der Waals surface area contributed by atoms with Crippen LogP contribution in [0.4, 0.5) is 14.5 Å². The largest absolute Gasteiger partial charge is 0.354 e. The number of hydrogen-bond donors (Lipinski definition) is 1.